The van der Waals surface area contributed by atoms with E-state index in [-0.39, 0.29) is 18.6 Å². The van der Waals surface area contributed by atoms with Gasteiger partial charge in [0.15, 0.2) is 0 Å². The third-order valence-electron chi connectivity index (χ3n) is 4.40. The summed E-state index contributed by atoms with van der Waals surface area (Å²) < 4.78 is 5.11. The smallest absolute Gasteiger partial charge is 0.417 e. The van der Waals surface area contributed by atoms with Gasteiger partial charge >= 0.3 is 6.09 Å². The van der Waals surface area contributed by atoms with Crippen LogP contribution >= 0.6 is 0 Å². The summed E-state index contributed by atoms with van der Waals surface area (Å²) in [6.07, 6.45) is 5.75. The minimum absolute atomic E-state index is 0.121. The van der Waals surface area contributed by atoms with E-state index in [2.05, 4.69) is 13.8 Å². The van der Waals surface area contributed by atoms with Crippen molar-refractivity contribution in [2.75, 3.05) is 6.61 Å². The second-order valence-corrected chi connectivity index (χ2v) is 6.43. The molecule has 1 aromatic carbocycles. The van der Waals surface area contributed by atoms with Gasteiger partial charge in [-0.25, -0.2) is 9.69 Å². The summed E-state index contributed by atoms with van der Waals surface area (Å²) >= 11 is 0. The number of imide groups is 1. The van der Waals surface area contributed by atoms with Crippen LogP contribution in [0.25, 0.3) is 0 Å². The van der Waals surface area contributed by atoms with Crippen molar-refractivity contribution >= 4 is 12.0 Å². The molecule has 126 valence electrons. The molecular weight excluding hydrogens is 290 g/mol. The first-order valence-corrected chi connectivity index (χ1v) is 8.67. The van der Waals surface area contributed by atoms with E-state index >= 15 is 0 Å². The number of ether oxygens (including phenoxy) is 1. The van der Waals surface area contributed by atoms with E-state index in [9.17, 15) is 9.59 Å². The van der Waals surface area contributed by atoms with E-state index in [0.717, 1.165) is 18.4 Å². The molecule has 0 radical (unpaired) electrons. The van der Waals surface area contributed by atoms with Crippen LogP contribution in [0, 0.1) is 5.92 Å². The average molecular weight is 317 g/mol. The minimum atomic E-state index is -0.512. The molecule has 0 aliphatic carbocycles. The first-order chi connectivity index (χ1) is 11.1. The Balaban J connectivity index is 1.92. The largest absolute Gasteiger partial charge is 0.446 e. The highest BCUT2D eigenvalue weighted by molar-refractivity contribution is 5.93. The van der Waals surface area contributed by atoms with Crippen molar-refractivity contribution in [3.8, 4) is 0 Å². The summed E-state index contributed by atoms with van der Waals surface area (Å²) in [7, 11) is 0. The minimum Gasteiger partial charge on any atom is -0.446 e. The van der Waals surface area contributed by atoms with Gasteiger partial charge in [0.1, 0.15) is 12.6 Å². The molecular formula is C19H27NO3. The lowest BCUT2D eigenvalue weighted by molar-refractivity contribution is -0.130. The molecule has 23 heavy (non-hydrogen) atoms. The highest BCUT2D eigenvalue weighted by atomic mass is 16.6. The van der Waals surface area contributed by atoms with E-state index in [1.807, 2.05) is 30.3 Å². The predicted octanol–water partition coefficient (Wildman–Crippen LogP) is 4.70. The van der Waals surface area contributed by atoms with Crippen LogP contribution in [0.1, 0.15) is 64.0 Å². The lowest BCUT2D eigenvalue weighted by Gasteiger charge is -2.21. The molecule has 0 saturated carbocycles. The lowest BCUT2D eigenvalue weighted by atomic mass is 9.98. The molecule has 0 N–H and O–H groups in total. The maximum Gasteiger partial charge on any atom is 0.417 e. The van der Waals surface area contributed by atoms with Crippen molar-refractivity contribution in [3.63, 3.8) is 0 Å². The summed E-state index contributed by atoms with van der Waals surface area (Å²) in [5.41, 5.74) is 0.947. The van der Waals surface area contributed by atoms with Gasteiger partial charge in [0.25, 0.3) is 0 Å². The molecule has 1 aliphatic heterocycles. The van der Waals surface area contributed by atoms with Crippen LogP contribution in [-0.4, -0.2) is 23.5 Å². The van der Waals surface area contributed by atoms with Gasteiger partial charge in [-0.2, -0.15) is 0 Å². The van der Waals surface area contributed by atoms with Gasteiger partial charge in [-0.3, -0.25) is 4.79 Å². The van der Waals surface area contributed by atoms with E-state index in [1.54, 1.807) is 0 Å². The van der Waals surface area contributed by atoms with E-state index in [4.69, 9.17) is 4.74 Å². The molecule has 1 heterocycles. The number of hydrogen-bond acceptors (Lipinski definition) is 3. The fourth-order valence-corrected chi connectivity index (χ4v) is 3.04. The first kappa shape index (κ1) is 17.5. The molecule has 2 atom stereocenters. The number of carbonyl (C=O) groups excluding carboxylic acids is 2. The van der Waals surface area contributed by atoms with Gasteiger partial charge in [-0.05, 0) is 11.5 Å². The molecule has 2 rings (SSSR count). The number of nitrogens with zero attached hydrogens (tertiary/aromatic N) is 1. The van der Waals surface area contributed by atoms with Crippen molar-refractivity contribution in [1.29, 1.82) is 0 Å². The quantitative estimate of drug-likeness (QED) is 0.653. The summed E-state index contributed by atoms with van der Waals surface area (Å²) in [5, 5.41) is 0. The SMILES string of the molecule is CCCCCC[C@@H](C)CC(=O)N1C(=O)OC[C@H]1c1ccccc1. The summed E-state index contributed by atoms with van der Waals surface area (Å²) in [5.74, 6) is 0.175. The highest BCUT2D eigenvalue weighted by Crippen LogP contribution is 2.29. The molecule has 4 nitrogen and oxygen atoms in total. The highest BCUT2D eigenvalue weighted by Gasteiger charge is 2.38. The van der Waals surface area contributed by atoms with Crippen LogP contribution in [0.5, 0.6) is 0 Å². The number of rotatable bonds is 8. The Morgan fingerprint density at radius 1 is 1.26 bits per heavy atom. The molecule has 1 aliphatic rings. The van der Waals surface area contributed by atoms with Crippen LogP contribution in [0.2, 0.25) is 0 Å². The average Bonchev–Trinajstić information content (AvgIpc) is 2.94. The molecule has 0 bridgehead atoms. The van der Waals surface area contributed by atoms with Crippen LogP contribution in [0.4, 0.5) is 4.79 Å². The Morgan fingerprint density at radius 2 is 2.00 bits per heavy atom. The Hall–Kier alpha value is -1.84. The number of hydrogen-bond donors (Lipinski definition) is 0. The molecule has 4 heteroatoms. The first-order valence-electron chi connectivity index (χ1n) is 8.67. The van der Waals surface area contributed by atoms with E-state index < -0.39 is 6.09 Å². The summed E-state index contributed by atoms with van der Waals surface area (Å²) in [6, 6.07) is 9.32. The van der Waals surface area contributed by atoms with Crippen LogP contribution in [0.3, 0.4) is 0 Å². The third-order valence-corrected chi connectivity index (χ3v) is 4.40. The Morgan fingerprint density at radius 3 is 2.70 bits per heavy atom. The summed E-state index contributed by atoms with van der Waals surface area (Å²) in [6.45, 7) is 4.53. The molecule has 0 spiro atoms. The van der Waals surface area contributed by atoms with Gasteiger partial charge < -0.3 is 4.74 Å². The van der Waals surface area contributed by atoms with Crippen molar-refractivity contribution < 1.29 is 14.3 Å². The maximum absolute atomic E-state index is 12.6. The zero-order chi connectivity index (χ0) is 16.7. The van der Waals surface area contributed by atoms with E-state index in [1.165, 1.54) is 24.2 Å². The van der Waals surface area contributed by atoms with Crippen LogP contribution in [-0.2, 0) is 9.53 Å². The van der Waals surface area contributed by atoms with Gasteiger partial charge in [0.05, 0.1) is 0 Å². The monoisotopic (exact) mass is 317 g/mol. The summed E-state index contributed by atoms with van der Waals surface area (Å²) in [4.78, 5) is 25.8. The Bertz CT molecular complexity index is 515. The number of cyclic esters (lactones) is 1. The number of carbonyl (C=O) groups is 2. The zero-order valence-electron chi connectivity index (χ0n) is 14.2. The van der Waals surface area contributed by atoms with E-state index in [0.29, 0.717) is 12.3 Å². The third kappa shape index (κ3) is 4.81. The number of amides is 2. The molecule has 1 saturated heterocycles. The number of unbranched alkanes of at least 4 members (excludes halogenated alkanes) is 3. The van der Waals surface area contributed by atoms with Crippen molar-refractivity contribution in [1.82, 2.24) is 4.90 Å². The molecule has 1 aromatic rings. The fraction of sp³-hybridized carbons (Fsp3) is 0.579. The van der Waals surface area contributed by atoms with Crippen LogP contribution in [0.15, 0.2) is 30.3 Å². The topological polar surface area (TPSA) is 46.6 Å². The van der Waals surface area contributed by atoms with Gasteiger partial charge in [-0.15, -0.1) is 0 Å². The van der Waals surface area contributed by atoms with Gasteiger partial charge in [-0.1, -0.05) is 76.3 Å². The zero-order valence-corrected chi connectivity index (χ0v) is 14.2. The molecule has 0 unspecified atom stereocenters. The second-order valence-electron chi connectivity index (χ2n) is 6.43. The molecule has 2 amide bonds. The number of benzene rings is 1. The van der Waals surface area contributed by atoms with Gasteiger partial charge in [0, 0.05) is 6.42 Å². The molecule has 1 fully saturated rings. The van der Waals surface area contributed by atoms with Crippen LogP contribution < -0.4 is 0 Å². The molecule has 0 aromatic heterocycles. The predicted molar refractivity (Wildman–Crippen MR) is 89.9 cm³/mol. The Kier molecular flexibility index (Phi) is 6.63. The van der Waals surface area contributed by atoms with Crippen molar-refractivity contribution in [2.24, 2.45) is 5.92 Å². The fourth-order valence-electron chi connectivity index (χ4n) is 3.04. The van der Waals surface area contributed by atoms with Crippen molar-refractivity contribution in [2.45, 2.75) is 58.4 Å². The Labute approximate surface area is 138 Å². The van der Waals surface area contributed by atoms with Gasteiger partial charge in [0.2, 0.25) is 5.91 Å². The normalized spacial score (nSPS) is 18.8. The van der Waals surface area contributed by atoms with Crippen molar-refractivity contribution in [3.05, 3.63) is 35.9 Å². The maximum atomic E-state index is 12.6. The second kappa shape index (κ2) is 8.70. The lowest BCUT2D eigenvalue weighted by Crippen LogP contribution is -2.35. The standard InChI is InChI=1S/C19H27NO3/c1-3-4-5-7-10-15(2)13-18(21)20-17(14-23-19(20)22)16-11-8-6-9-12-16/h6,8-9,11-12,15,17H,3-5,7,10,13-14H2,1-2H3/t15-,17+/m1/s1.